The third-order valence-corrected chi connectivity index (χ3v) is 1.81. The van der Waals surface area contributed by atoms with Crippen LogP contribution in [-0.4, -0.2) is 14.6 Å². The van der Waals surface area contributed by atoms with Crippen LogP contribution in [0.3, 0.4) is 0 Å². The third-order valence-electron chi connectivity index (χ3n) is 1.81. The molecule has 0 saturated heterocycles. The fraction of sp³-hybridized carbons (Fsp3) is 0.125. The van der Waals surface area contributed by atoms with Crippen molar-refractivity contribution in [2.24, 2.45) is 0 Å². The molecule has 2 N–H and O–H groups in total. The number of nitrogens with zero attached hydrogens (tertiary/aromatic N) is 4. The van der Waals surface area contributed by atoms with E-state index in [1.165, 1.54) is 0 Å². The summed E-state index contributed by atoms with van der Waals surface area (Å²) in [5.74, 6) is 0.186. The molecule has 0 aliphatic carbocycles. The van der Waals surface area contributed by atoms with Gasteiger partial charge in [-0.2, -0.15) is 10.2 Å². The zero-order valence-corrected chi connectivity index (χ0v) is 7.02. The van der Waals surface area contributed by atoms with Crippen molar-refractivity contribution in [1.29, 1.82) is 5.26 Å². The molecule has 0 radical (unpaired) electrons. The Kier molecular flexibility index (Phi) is 1.43. The number of nitriles is 1. The monoisotopic (exact) mass is 173 g/mol. The van der Waals surface area contributed by atoms with Crippen molar-refractivity contribution in [3.8, 4) is 6.07 Å². The fourth-order valence-corrected chi connectivity index (χ4v) is 1.18. The number of pyridine rings is 1. The van der Waals surface area contributed by atoms with E-state index in [1.54, 1.807) is 16.6 Å². The molecule has 13 heavy (non-hydrogen) atoms. The van der Waals surface area contributed by atoms with E-state index >= 15 is 0 Å². The first-order valence-corrected chi connectivity index (χ1v) is 3.74. The molecule has 0 aliphatic rings. The number of hydrogen-bond donors (Lipinski definition) is 1. The number of aromatic nitrogens is 3. The lowest BCUT2D eigenvalue weighted by Gasteiger charge is -1.96. The van der Waals surface area contributed by atoms with Gasteiger partial charge in [-0.15, -0.1) is 5.10 Å². The van der Waals surface area contributed by atoms with Crippen LogP contribution >= 0.6 is 0 Å². The summed E-state index contributed by atoms with van der Waals surface area (Å²) in [4.78, 5) is 3.95. The number of nitrogens with two attached hydrogens (primary N) is 1. The second-order valence-corrected chi connectivity index (χ2v) is 2.71. The van der Waals surface area contributed by atoms with Crippen LogP contribution in [0.2, 0.25) is 0 Å². The summed E-state index contributed by atoms with van der Waals surface area (Å²) < 4.78 is 1.56. The van der Waals surface area contributed by atoms with Crippen LogP contribution in [0.4, 0.5) is 5.95 Å². The van der Waals surface area contributed by atoms with Gasteiger partial charge in [0.2, 0.25) is 5.95 Å². The van der Waals surface area contributed by atoms with Crippen molar-refractivity contribution >= 4 is 11.6 Å². The number of fused-ring (bicyclic) bond motifs is 1. The summed E-state index contributed by atoms with van der Waals surface area (Å²) in [5.41, 5.74) is 7.33. The van der Waals surface area contributed by atoms with Gasteiger partial charge in [0.15, 0.2) is 5.65 Å². The lowest BCUT2D eigenvalue weighted by molar-refractivity contribution is 0.918. The van der Waals surface area contributed by atoms with Gasteiger partial charge in [0.05, 0.1) is 5.56 Å². The molecular formula is C8H7N5. The summed E-state index contributed by atoms with van der Waals surface area (Å²) in [6.07, 6.45) is 0. The van der Waals surface area contributed by atoms with Crippen molar-refractivity contribution in [1.82, 2.24) is 14.6 Å². The molecule has 5 heteroatoms. The highest BCUT2D eigenvalue weighted by atomic mass is 15.3. The van der Waals surface area contributed by atoms with Crippen LogP contribution in [0.25, 0.3) is 5.65 Å². The Bertz CT molecular complexity index is 505. The highest BCUT2D eigenvalue weighted by molar-refractivity contribution is 5.56. The molecule has 2 aromatic rings. The normalized spacial score (nSPS) is 10.2. The van der Waals surface area contributed by atoms with Crippen molar-refractivity contribution in [2.75, 3.05) is 5.73 Å². The van der Waals surface area contributed by atoms with Crippen LogP contribution < -0.4 is 5.73 Å². The summed E-state index contributed by atoms with van der Waals surface area (Å²) >= 11 is 0. The SMILES string of the molecule is Cc1ccc(C#N)c2nc(N)nn12. The van der Waals surface area contributed by atoms with E-state index in [4.69, 9.17) is 11.0 Å². The Morgan fingerprint density at radius 3 is 3.00 bits per heavy atom. The first kappa shape index (κ1) is 7.55. The van der Waals surface area contributed by atoms with Gasteiger partial charge in [-0.05, 0) is 19.1 Å². The van der Waals surface area contributed by atoms with Gasteiger partial charge in [0, 0.05) is 5.69 Å². The summed E-state index contributed by atoms with van der Waals surface area (Å²) in [5, 5.41) is 12.7. The third kappa shape index (κ3) is 0.999. The first-order valence-electron chi connectivity index (χ1n) is 3.74. The molecule has 0 spiro atoms. The van der Waals surface area contributed by atoms with E-state index in [2.05, 4.69) is 10.1 Å². The molecule has 2 aromatic heterocycles. The lowest BCUT2D eigenvalue weighted by atomic mass is 10.2. The topological polar surface area (TPSA) is 80.0 Å². The molecule has 2 rings (SSSR count). The lowest BCUT2D eigenvalue weighted by Crippen LogP contribution is -1.95. The molecular weight excluding hydrogens is 166 g/mol. The molecule has 0 amide bonds. The Hall–Kier alpha value is -2.09. The molecule has 2 heterocycles. The second kappa shape index (κ2) is 2.45. The van der Waals surface area contributed by atoms with E-state index in [0.717, 1.165) is 5.69 Å². The number of anilines is 1. The van der Waals surface area contributed by atoms with E-state index in [9.17, 15) is 0 Å². The Morgan fingerprint density at radius 1 is 1.54 bits per heavy atom. The first-order chi connectivity index (χ1) is 6.22. The zero-order valence-electron chi connectivity index (χ0n) is 7.02. The molecule has 0 fully saturated rings. The molecule has 0 aromatic carbocycles. The number of aryl methyl sites for hydroxylation is 1. The summed E-state index contributed by atoms with van der Waals surface area (Å²) in [6.45, 7) is 1.88. The molecule has 5 nitrogen and oxygen atoms in total. The maximum absolute atomic E-state index is 8.76. The average Bonchev–Trinajstić information content (AvgIpc) is 2.48. The number of rotatable bonds is 0. The minimum Gasteiger partial charge on any atom is -0.366 e. The van der Waals surface area contributed by atoms with Crippen molar-refractivity contribution < 1.29 is 0 Å². The number of nitrogen functional groups attached to an aromatic ring is 1. The Morgan fingerprint density at radius 2 is 2.31 bits per heavy atom. The van der Waals surface area contributed by atoms with Gasteiger partial charge in [-0.25, -0.2) is 4.52 Å². The molecule has 0 aliphatic heterocycles. The predicted octanol–water partition coefficient (Wildman–Crippen LogP) is 0.492. The van der Waals surface area contributed by atoms with Crippen molar-refractivity contribution in [2.45, 2.75) is 6.92 Å². The van der Waals surface area contributed by atoms with Gasteiger partial charge < -0.3 is 5.73 Å². The Labute approximate surface area is 74.4 Å². The maximum atomic E-state index is 8.76. The zero-order chi connectivity index (χ0) is 9.42. The van der Waals surface area contributed by atoms with Gasteiger partial charge in [0.25, 0.3) is 0 Å². The van der Waals surface area contributed by atoms with Crippen molar-refractivity contribution in [3.63, 3.8) is 0 Å². The van der Waals surface area contributed by atoms with Crippen LogP contribution in [0.1, 0.15) is 11.3 Å². The van der Waals surface area contributed by atoms with E-state index in [0.29, 0.717) is 11.2 Å². The predicted molar refractivity (Wildman–Crippen MR) is 46.9 cm³/mol. The molecule has 0 unspecified atom stereocenters. The fourth-order valence-electron chi connectivity index (χ4n) is 1.18. The van der Waals surface area contributed by atoms with Gasteiger partial charge in [0.1, 0.15) is 6.07 Å². The van der Waals surface area contributed by atoms with Crippen LogP contribution in [0.15, 0.2) is 12.1 Å². The largest absolute Gasteiger partial charge is 0.366 e. The van der Waals surface area contributed by atoms with Gasteiger partial charge >= 0.3 is 0 Å². The highest BCUT2D eigenvalue weighted by Gasteiger charge is 2.06. The van der Waals surface area contributed by atoms with Crippen LogP contribution in [0.5, 0.6) is 0 Å². The molecule has 0 bridgehead atoms. The van der Waals surface area contributed by atoms with E-state index in [1.807, 2.05) is 13.0 Å². The van der Waals surface area contributed by atoms with E-state index in [-0.39, 0.29) is 5.95 Å². The highest BCUT2D eigenvalue weighted by Crippen LogP contribution is 2.11. The average molecular weight is 173 g/mol. The van der Waals surface area contributed by atoms with Crippen molar-refractivity contribution in [3.05, 3.63) is 23.4 Å². The van der Waals surface area contributed by atoms with Crippen LogP contribution in [-0.2, 0) is 0 Å². The van der Waals surface area contributed by atoms with Gasteiger partial charge in [-0.1, -0.05) is 0 Å². The molecule has 64 valence electrons. The number of hydrogen-bond acceptors (Lipinski definition) is 4. The Balaban J connectivity index is 2.94. The quantitative estimate of drug-likeness (QED) is 0.628. The summed E-state index contributed by atoms with van der Waals surface area (Å²) in [7, 11) is 0. The molecule has 0 saturated carbocycles. The minimum absolute atomic E-state index is 0.186. The maximum Gasteiger partial charge on any atom is 0.240 e. The van der Waals surface area contributed by atoms with E-state index < -0.39 is 0 Å². The smallest absolute Gasteiger partial charge is 0.240 e. The minimum atomic E-state index is 0.186. The standard InChI is InChI=1S/C8H7N5/c1-5-2-3-6(4-9)7-11-8(10)12-13(5)7/h2-3H,1H3,(H2,10,12). The second-order valence-electron chi connectivity index (χ2n) is 2.71. The van der Waals surface area contributed by atoms with Crippen LogP contribution in [0, 0.1) is 18.3 Å². The van der Waals surface area contributed by atoms with Gasteiger partial charge in [-0.3, -0.25) is 0 Å². The molecule has 0 atom stereocenters. The summed E-state index contributed by atoms with van der Waals surface area (Å²) in [6, 6.07) is 5.54.